The normalized spacial score (nSPS) is 11.5. The minimum absolute atomic E-state index is 0. The zero-order chi connectivity index (χ0) is 90.8. The Hall–Kier alpha value is -7.84. The molecule has 0 fully saturated rings. The number of alkyl halides is 3. The number of rotatable bonds is 39. The lowest BCUT2D eigenvalue weighted by molar-refractivity contribution is -0.0500. The summed E-state index contributed by atoms with van der Waals surface area (Å²) in [5.41, 5.74) is -1.16. The van der Waals surface area contributed by atoms with Crippen LogP contribution in [0, 0.1) is 24.2 Å². The number of halogens is 6. The zero-order valence-electron chi connectivity index (χ0n) is 75.2. The number of benzene rings is 11. The largest absolute Gasteiger partial charge is 0.534 e. The first kappa shape index (κ1) is 103. The fourth-order valence-electron chi connectivity index (χ4n) is 16.4. The van der Waals surface area contributed by atoms with Crippen molar-refractivity contribution >= 4 is 208 Å². The van der Waals surface area contributed by atoms with Gasteiger partial charge in [-0.2, -0.15) is 21.6 Å². The molecule has 0 bridgehead atoms. The third-order valence-corrected chi connectivity index (χ3v) is 32.3. The van der Waals surface area contributed by atoms with Gasteiger partial charge in [0.2, 0.25) is 0 Å². The lowest BCUT2D eigenvalue weighted by Gasteiger charge is -2.11. The van der Waals surface area contributed by atoms with Crippen molar-refractivity contribution in [2.75, 3.05) is 0 Å². The highest BCUT2D eigenvalue weighted by molar-refractivity contribution is 9.11. The molecule has 130 heavy (non-hydrogen) atoms. The van der Waals surface area contributed by atoms with Crippen LogP contribution >= 0.6 is 104 Å². The molecular formula is C114H126Br3F3O4S6. The molecule has 16 aromatic rings. The summed E-state index contributed by atoms with van der Waals surface area (Å²) < 4.78 is 73.7. The highest BCUT2D eigenvalue weighted by atomic mass is 79.9. The van der Waals surface area contributed by atoms with Gasteiger partial charge in [0, 0.05) is 69.0 Å². The summed E-state index contributed by atoms with van der Waals surface area (Å²) in [5, 5.41) is 25.3. The van der Waals surface area contributed by atoms with Crippen LogP contribution in [0.3, 0.4) is 0 Å². The van der Waals surface area contributed by atoms with Crippen LogP contribution in [-0.4, -0.2) is 19.0 Å². The van der Waals surface area contributed by atoms with Crippen LogP contribution < -0.4 is 4.18 Å². The second kappa shape index (κ2) is 53.3. The van der Waals surface area contributed by atoms with Gasteiger partial charge in [0.05, 0.1) is 8.95 Å². The second-order valence-electron chi connectivity index (χ2n) is 34.1. The van der Waals surface area contributed by atoms with Crippen LogP contribution in [0.5, 0.6) is 11.5 Å². The second-order valence-corrected chi connectivity index (χ2v) is 44.0. The van der Waals surface area contributed by atoms with Gasteiger partial charge in [-0.3, -0.25) is 0 Å². The van der Waals surface area contributed by atoms with Crippen molar-refractivity contribution in [2.45, 2.75) is 272 Å². The number of fused-ring (bicyclic) bond motifs is 9. The summed E-state index contributed by atoms with van der Waals surface area (Å²) in [7, 11) is -5.73. The Morgan fingerprint density at radius 3 is 1.00 bits per heavy atom. The number of thiophene rings is 5. The number of hydrogen-bond donors (Lipinski definition) is 1. The van der Waals surface area contributed by atoms with Crippen molar-refractivity contribution < 1.29 is 30.9 Å². The molecular weight excluding hydrogens is 1920 g/mol. The minimum Gasteiger partial charge on any atom is -0.507 e. The molecule has 0 atom stereocenters. The fourth-order valence-corrected chi connectivity index (χ4v) is 23.9. The molecule has 1 N–H and O–H groups in total. The molecule has 684 valence electrons. The van der Waals surface area contributed by atoms with E-state index in [1.165, 1.54) is 317 Å². The lowest BCUT2D eigenvalue weighted by atomic mass is 10.0. The summed E-state index contributed by atoms with van der Waals surface area (Å²) >= 11 is 19.8. The van der Waals surface area contributed by atoms with E-state index in [1.54, 1.807) is 22.3 Å². The smallest absolute Gasteiger partial charge is 0.507 e. The number of hydrogen-bond acceptors (Lipinski definition) is 9. The molecule has 0 aliphatic heterocycles. The molecule has 0 spiro atoms. The molecule has 0 aliphatic rings. The van der Waals surface area contributed by atoms with Gasteiger partial charge in [-0.15, -0.1) is 63.1 Å². The molecule has 4 nitrogen and oxygen atoms in total. The maximum atomic E-state index is 12.7. The first-order valence-corrected chi connectivity index (χ1v) is 54.8. The predicted octanol–water partition coefficient (Wildman–Crippen LogP) is 39.8. The average molecular weight is 2050 g/mol. The maximum Gasteiger partial charge on any atom is 0.534 e. The molecule has 0 radical (unpaired) electrons. The molecule has 16 heteroatoms. The summed E-state index contributed by atoms with van der Waals surface area (Å²) in [6, 6.07) is 75.8. The van der Waals surface area contributed by atoms with Gasteiger partial charge < -0.3 is 9.29 Å². The molecule has 0 saturated heterocycles. The van der Waals surface area contributed by atoms with Crippen molar-refractivity contribution in [3.05, 3.63) is 268 Å². The van der Waals surface area contributed by atoms with Crippen LogP contribution in [0.4, 0.5) is 13.2 Å². The Labute approximate surface area is 817 Å². The van der Waals surface area contributed by atoms with Crippen molar-refractivity contribution in [1.29, 1.82) is 0 Å². The van der Waals surface area contributed by atoms with Crippen LogP contribution in [-0.2, 0) is 35.8 Å². The lowest BCUT2D eigenvalue weighted by Crippen LogP contribution is -2.28. The maximum absolute atomic E-state index is 12.7. The summed E-state index contributed by atoms with van der Waals surface area (Å²) in [4.78, 5) is 7.18. The average Bonchev–Trinajstić information content (AvgIpc) is 1.62. The Morgan fingerprint density at radius 2 is 0.631 bits per heavy atom. The number of unbranched alkanes of at least 4 members (excludes halogenated alkanes) is 28. The van der Waals surface area contributed by atoms with Gasteiger partial charge in [-0.05, 0) is 326 Å². The summed E-state index contributed by atoms with van der Waals surface area (Å²) in [5.74, 6) is 9.06. The van der Waals surface area contributed by atoms with E-state index in [4.69, 9.17) is 6.42 Å². The molecule has 11 aromatic carbocycles. The molecule has 0 amide bonds. The van der Waals surface area contributed by atoms with E-state index in [-0.39, 0.29) is 17.6 Å². The van der Waals surface area contributed by atoms with Gasteiger partial charge in [-0.25, -0.2) is 0 Å². The first-order valence-electron chi connectivity index (χ1n) is 46.9. The molecule has 5 aromatic heterocycles. The summed E-state index contributed by atoms with van der Waals surface area (Å²) in [6.45, 7) is 9.07. The highest BCUT2D eigenvalue weighted by Gasteiger charge is 2.49. The van der Waals surface area contributed by atoms with E-state index >= 15 is 0 Å². The third kappa shape index (κ3) is 31.4. The van der Waals surface area contributed by atoms with Gasteiger partial charge in [0.25, 0.3) is 0 Å². The quantitative estimate of drug-likeness (QED) is 0.0180. The van der Waals surface area contributed by atoms with E-state index in [2.05, 4.69) is 219 Å². The molecule has 0 saturated carbocycles. The number of phenols is 1. The monoisotopic (exact) mass is 2040 g/mol. The molecule has 16 rings (SSSR count). The van der Waals surface area contributed by atoms with Crippen molar-refractivity contribution in [3.8, 4) is 46.1 Å². The third-order valence-electron chi connectivity index (χ3n) is 23.6. The van der Waals surface area contributed by atoms with Gasteiger partial charge in [-0.1, -0.05) is 299 Å². The fraction of sp³-hybridized carbons (Fsp3) is 0.368. The van der Waals surface area contributed by atoms with E-state index in [0.717, 1.165) is 59.3 Å². The Bertz CT molecular complexity index is 6340. The SMILES string of the molecule is C.C#Cc1ccccc1.CCCCCCCCCCc1cc2cc3cc(C#Cc4ccccc4)c(Br)cc3cc2s1.CCCCCCCCCCc1cc2cc3cc(O)c(Br)cc3cc2s1.CCCCCCCCCCc1cc2cc3cc(OS(=O)(=O)C(F)(F)F)c(Br)cc3cc2s1.CCCCCCCCCCc1cc2cc3cc4cc(-c5ccccc5)sc4cc3cc2s1. The summed E-state index contributed by atoms with van der Waals surface area (Å²) in [6.07, 6.45) is 53.0. The van der Waals surface area contributed by atoms with Crippen LogP contribution in [0.15, 0.2) is 232 Å². The van der Waals surface area contributed by atoms with Gasteiger partial charge >= 0.3 is 15.6 Å². The molecule has 5 heterocycles. The minimum atomic E-state index is -5.73. The first-order chi connectivity index (χ1) is 62.7. The molecule has 0 unspecified atom stereocenters. The molecule has 0 aliphatic carbocycles. The van der Waals surface area contributed by atoms with E-state index in [0.29, 0.717) is 11.1 Å². The van der Waals surface area contributed by atoms with E-state index in [9.17, 15) is 26.7 Å². The van der Waals surface area contributed by atoms with Gasteiger partial charge in [0.15, 0.2) is 5.75 Å². The zero-order valence-corrected chi connectivity index (χ0v) is 84.9. The standard InChI is InChI=1S/C30H31BrS.C30H32S2.C23H26BrF3O3S2.C22H27BrOS.C8H6.CH4/c1-2-3-4-5-6-7-8-12-15-28-20-27-19-25-18-24(17-16-23-13-10-9-11-14-23)29(31)21-26(25)22-30(27)32-28;1-2-3-4-5-6-7-8-12-15-27-18-25-16-23-17-26-21-28(22-13-10-9-11-14-22)32-30(26)20-24(23)19-29(25)31-27;1-2-3-4-5-6-7-8-9-10-19-12-18-11-16-14-21(30-32(28,29)23(25,26)27)20(24)13-17(16)15-22(18)31-19;1-2-3-4-5-6-7-8-9-10-19-12-18-11-16-14-21(24)20(23)13-17(16)15-22(18)25-19;1-2-8-6-4-3-5-7-8;/h9-11,13-14,18-22H,2-8,12,15H2,1H3;9-11,13-14,16-21H,2-8,12,15H2,1H3;11-15H,2-10H2,1H3;11-15,24H,2-10H2,1H3;1,3-7H;1H4. The van der Waals surface area contributed by atoms with Crippen molar-refractivity contribution in [2.24, 2.45) is 0 Å². The number of terminal acetylenes is 1. The van der Waals surface area contributed by atoms with E-state index in [1.807, 2.05) is 130 Å². The van der Waals surface area contributed by atoms with Crippen LogP contribution in [0.2, 0.25) is 0 Å². The van der Waals surface area contributed by atoms with Crippen LogP contribution in [0.25, 0.3) is 104 Å². The highest BCUT2D eigenvalue weighted by Crippen LogP contribution is 2.43. The Morgan fingerprint density at radius 1 is 0.331 bits per heavy atom. The number of aromatic hydroxyl groups is 1. The Balaban J connectivity index is 0.000000163. The number of phenolic OH excluding ortho intramolecular Hbond substituents is 1. The van der Waals surface area contributed by atoms with Crippen molar-refractivity contribution in [1.82, 2.24) is 0 Å². The predicted molar refractivity (Wildman–Crippen MR) is 577 cm³/mol. The van der Waals surface area contributed by atoms with Crippen LogP contribution in [0.1, 0.15) is 277 Å². The van der Waals surface area contributed by atoms with Gasteiger partial charge in [0.1, 0.15) is 5.75 Å². The van der Waals surface area contributed by atoms with E-state index < -0.39 is 15.6 Å². The topological polar surface area (TPSA) is 63.6 Å². The van der Waals surface area contributed by atoms with Crippen molar-refractivity contribution in [3.63, 3.8) is 0 Å². The number of aryl methyl sites for hydroxylation is 4. The Kier molecular flexibility index (Phi) is 42.1.